The summed E-state index contributed by atoms with van der Waals surface area (Å²) in [4.78, 5) is 34.5. The van der Waals surface area contributed by atoms with E-state index in [0.29, 0.717) is 6.54 Å². The van der Waals surface area contributed by atoms with E-state index < -0.39 is 11.9 Å². The van der Waals surface area contributed by atoms with E-state index in [2.05, 4.69) is 21.7 Å². The summed E-state index contributed by atoms with van der Waals surface area (Å²) in [5, 5.41) is 17.6. The first-order chi connectivity index (χ1) is 12.8. The minimum Gasteiger partial charge on any atom is -0.473 e. The topological polar surface area (TPSA) is 110 Å². The van der Waals surface area contributed by atoms with Crippen molar-refractivity contribution in [1.29, 1.82) is 0 Å². The first-order valence-corrected chi connectivity index (χ1v) is 8.35. The second kappa shape index (κ2) is 10.9. The first kappa shape index (κ1) is 22.1. The Labute approximate surface area is 156 Å². The lowest BCUT2D eigenvalue weighted by Crippen LogP contribution is -2.54. The van der Waals surface area contributed by atoms with Gasteiger partial charge in [-0.05, 0) is 31.2 Å². The molecule has 8 nitrogen and oxygen atoms in total. The fourth-order valence-electron chi connectivity index (χ4n) is 2.51. The van der Waals surface area contributed by atoms with Gasteiger partial charge in [-0.3, -0.25) is 9.69 Å². The minimum absolute atomic E-state index is 0.0325. The Hall–Kier alpha value is -2.94. The van der Waals surface area contributed by atoms with E-state index in [-0.39, 0.29) is 17.8 Å². The highest BCUT2D eigenvalue weighted by Crippen LogP contribution is 2.17. The molecule has 148 valence electrons. The van der Waals surface area contributed by atoms with Gasteiger partial charge in [0, 0.05) is 38.4 Å². The van der Waals surface area contributed by atoms with Crippen LogP contribution in [-0.2, 0) is 14.4 Å². The van der Waals surface area contributed by atoms with Crippen LogP contribution in [-0.4, -0.2) is 71.7 Å². The fourth-order valence-corrected chi connectivity index (χ4v) is 2.51. The molecule has 0 aliphatic carbocycles. The molecule has 1 fully saturated rings. The molecule has 0 aromatic heterocycles. The molecule has 1 aliphatic heterocycles. The van der Waals surface area contributed by atoms with Crippen molar-refractivity contribution in [3.63, 3.8) is 0 Å². The first-order valence-electron chi connectivity index (χ1n) is 8.35. The molecule has 1 aromatic carbocycles. The van der Waals surface area contributed by atoms with E-state index in [1.165, 1.54) is 12.1 Å². The average Bonchev–Trinajstić information content (AvgIpc) is 2.66. The summed E-state index contributed by atoms with van der Waals surface area (Å²) < 4.78 is 12.9. The van der Waals surface area contributed by atoms with Crippen molar-refractivity contribution in [3.8, 4) is 0 Å². The number of rotatable bonds is 5. The molecule has 0 saturated carbocycles. The molecule has 1 aliphatic rings. The van der Waals surface area contributed by atoms with Gasteiger partial charge >= 0.3 is 11.9 Å². The van der Waals surface area contributed by atoms with Crippen molar-refractivity contribution in [2.75, 3.05) is 37.6 Å². The number of nitrogens with one attached hydrogen (secondary N) is 1. The maximum atomic E-state index is 12.9. The molecular weight excluding hydrogens is 357 g/mol. The van der Waals surface area contributed by atoms with Gasteiger partial charge < -0.3 is 20.4 Å². The van der Waals surface area contributed by atoms with E-state index in [4.69, 9.17) is 19.8 Å². The van der Waals surface area contributed by atoms with Crippen molar-refractivity contribution >= 4 is 23.5 Å². The predicted molar refractivity (Wildman–Crippen MR) is 98.1 cm³/mol. The van der Waals surface area contributed by atoms with Gasteiger partial charge in [0.1, 0.15) is 5.82 Å². The summed E-state index contributed by atoms with van der Waals surface area (Å²) in [6.45, 7) is 9.33. The van der Waals surface area contributed by atoms with Crippen LogP contribution in [0.3, 0.4) is 0 Å². The Morgan fingerprint density at radius 3 is 2.11 bits per heavy atom. The van der Waals surface area contributed by atoms with E-state index >= 15 is 0 Å². The van der Waals surface area contributed by atoms with Crippen LogP contribution in [0.15, 0.2) is 36.9 Å². The van der Waals surface area contributed by atoms with Gasteiger partial charge in [-0.15, -0.1) is 6.58 Å². The number of benzene rings is 1. The number of anilines is 1. The monoisotopic (exact) mass is 381 g/mol. The van der Waals surface area contributed by atoms with Crippen LogP contribution in [0.1, 0.15) is 6.92 Å². The fraction of sp³-hybridized carbons (Fsp3) is 0.389. The second-order valence-electron chi connectivity index (χ2n) is 5.82. The summed E-state index contributed by atoms with van der Waals surface area (Å²) in [6.07, 6.45) is 1.68. The lowest BCUT2D eigenvalue weighted by Gasteiger charge is -2.38. The van der Waals surface area contributed by atoms with Crippen LogP contribution in [0.25, 0.3) is 0 Å². The van der Waals surface area contributed by atoms with Crippen molar-refractivity contribution in [3.05, 3.63) is 42.7 Å². The molecule has 1 amide bonds. The number of nitrogens with zero attached hydrogens (tertiary/aromatic N) is 2. The summed E-state index contributed by atoms with van der Waals surface area (Å²) >= 11 is 0. The van der Waals surface area contributed by atoms with E-state index in [0.717, 1.165) is 31.9 Å². The number of amides is 1. The number of carbonyl (C=O) groups is 3. The van der Waals surface area contributed by atoms with Crippen LogP contribution in [0.4, 0.5) is 10.1 Å². The Kier molecular flexibility index (Phi) is 8.94. The maximum absolute atomic E-state index is 12.9. The Bertz CT molecular complexity index is 645. The molecule has 1 saturated heterocycles. The van der Waals surface area contributed by atoms with Crippen LogP contribution >= 0.6 is 0 Å². The number of halogens is 1. The molecule has 3 N–H and O–H groups in total. The minimum atomic E-state index is -1.82. The van der Waals surface area contributed by atoms with Crippen LogP contribution in [0.2, 0.25) is 0 Å². The smallest absolute Gasteiger partial charge is 0.414 e. The highest BCUT2D eigenvalue weighted by Gasteiger charge is 2.25. The second-order valence-corrected chi connectivity index (χ2v) is 5.82. The molecule has 9 heteroatoms. The third-order valence-corrected chi connectivity index (χ3v) is 4.04. The Morgan fingerprint density at radius 1 is 1.15 bits per heavy atom. The molecule has 1 heterocycles. The van der Waals surface area contributed by atoms with Crippen LogP contribution < -0.4 is 10.2 Å². The van der Waals surface area contributed by atoms with Crippen LogP contribution in [0, 0.1) is 5.82 Å². The van der Waals surface area contributed by atoms with Gasteiger partial charge in [0.05, 0.1) is 6.04 Å². The van der Waals surface area contributed by atoms with Gasteiger partial charge in [-0.25, -0.2) is 14.0 Å². The molecule has 0 spiro atoms. The van der Waals surface area contributed by atoms with E-state index in [1.54, 1.807) is 18.2 Å². The van der Waals surface area contributed by atoms with Gasteiger partial charge in [0.2, 0.25) is 5.91 Å². The zero-order chi connectivity index (χ0) is 20.4. The Balaban J connectivity index is 0.000000527. The molecular formula is C18H24FN3O5. The van der Waals surface area contributed by atoms with Crippen molar-refractivity contribution in [2.45, 2.75) is 13.0 Å². The predicted octanol–water partition coefficient (Wildman–Crippen LogP) is 0.794. The number of hydrogen-bond donors (Lipinski definition) is 3. The lowest BCUT2D eigenvalue weighted by atomic mass is 10.2. The quantitative estimate of drug-likeness (QED) is 0.511. The number of piperazine rings is 1. The van der Waals surface area contributed by atoms with Crippen LogP contribution in [0.5, 0.6) is 0 Å². The van der Waals surface area contributed by atoms with Gasteiger partial charge in [-0.2, -0.15) is 0 Å². The normalized spacial score (nSPS) is 15.1. The lowest BCUT2D eigenvalue weighted by molar-refractivity contribution is -0.159. The number of carboxylic acid groups (broad SMARTS) is 2. The van der Waals surface area contributed by atoms with Crippen molar-refractivity contribution < 1.29 is 29.0 Å². The number of carboxylic acids is 2. The molecule has 1 atom stereocenters. The number of aliphatic carboxylic acids is 2. The molecule has 1 unspecified atom stereocenters. The van der Waals surface area contributed by atoms with Gasteiger partial charge in [0.15, 0.2) is 0 Å². The molecule has 1 aromatic rings. The Morgan fingerprint density at radius 2 is 1.67 bits per heavy atom. The third kappa shape index (κ3) is 7.45. The molecule has 0 radical (unpaired) electrons. The number of carbonyl (C=O) groups excluding carboxylic acids is 1. The standard InChI is InChI=1S/C16H22FN3O.C2H2O4/c1-3-8-18-16(21)13(2)19-9-11-20(12-10-19)15-6-4-14(17)5-7-15;3-1(4)2(5)6/h3-7,13H,1,8-12H2,2H3,(H,18,21);(H,3,4)(H,5,6). The summed E-state index contributed by atoms with van der Waals surface area (Å²) in [7, 11) is 0. The highest BCUT2D eigenvalue weighted by molar-refractivity contribution is 6.27. The third-order valence-electron chi connectivity index (χ3n) is 4.04. The van der Waals surface area contributed by atoms with Gasteiger partial charge in [-0.1, -0.05) is 6.08 Å². The zero-order valence-electron chi connectivity index (χ0n) is 15.1. The van der Waals surface area contributed by atoms with Crippen molar-refractivity contribution in [2.24, 2.45) is 0 Å². The highest BCUT2D eigenvalue weighted by atomic mass is 19.1. The zero-order valence-corrected chi connectivity index (χ0v) is 15.1. The number of hydrogen-bond acceptors (Lipinski definition) is 5. The average molecular weight is 381 g/mol. The molecule has 2 rings (SSSR count). The summed E-state index contributed by atoms with van der Waals surface area (Å²) in [5.41, 5.74) is 1.03. The molecule has 0 bridgehead atoms. The van der Waals surface area contributed by atoms with E-state index in [9.17, 15) is 9.18 Å². The van der Waals surface area contributed by atoms with Gasteiger partial charge in [0.25, 0.3) is 0 Å². The van der Waals surface area contributed by atoms with E-state index in [1.807, 2.05) is 6.92 Å². The molecule has 27 heavy (non-hydrogen) atoms. The SMILES string of the molecule is C=CCNC(=O)C(C)N1CCN(c2ccc(F)cc2)CC1.O=C(O)C(=O)O. The largest absolute Gasteiger partial charge is 0.473 e. The maximum Gasteiger partial charge on any atom is 0.414 e. The summed E-state index contributed by atoms with van der Waals surface area (Å²) in [6, 6.07) is 6.41. The van der Waals surface area contributed by atoms with Crippen molar-refractivity contribution in [1.82, 2.24) is 10.2 Å². The summed E-state index contributed by atoms with van der Waals surface area (Å²) in [5.74, 6) is -3.83.